The van der Waals surface area contributed by atoms with E-state index in [1.807, 2.05) is 24.3 Å². The molecule has 0 aliphatic rings. The van der Waals surface area contributed by atoms with Gasteiger partial charge in [-0.25, -0.2) is 4.79 Å². The number of rotatable bonds is 16. The first-order valence-electron chi connectivity index (χ1n) is 14.4. The number of unbranched alkanes of at least 4 members (excludes halogenated alkanes) is 1. The summed E-state index contributed by atoms with van der Waals surface area (Å²) in [6.45, 7) is 3.85. The van der Waals surface area contributed by atoms with Crippen LogP contribution in [0.4, 0.5) is 0 Å². The highest BCUT2D eigenvalue weighted by Crippen LogP contribution is 2.19. The number of carbonyl (C=O) groups excluding carboxylic acids is 3. The quantitative estimate of drug-likeness (QED) is 0.113. The van der Waals surface area contributed by atoms with Crippen molar-refractivity contribution in [2.75, 3.05) is 6.54 Å². The van der Waals surface area contributed by atoms with E-state index in [-0.39, 0.29) is 25.0 Å². The number of hydrogen-bond donors (Lipinski definition) is 8. The van der Waals surface area contributed by atoms with Gasteiger partial charge in [0.25, 0.3) is 0 Å². The molecule has 3 rings (SSSR count). The van der Waals surface area contributed by atoms with E-state index in [1.54, 1.807) is 32.2 Å². The molecular weight excluding hydrogens is 552 g/mol. The highest BCUT2D eigenvalue weighted by Gasteiger charge is 2.32. The number of fused-ring (bicyclic) bond motifs is 1. The number of phenols is 1. The van der Waals surface area contributed by atoms with E-state index in [9.17, 15) is 29.4 Å². The van der Waals surface area contributed by atoms with Crippen LogP contribution in [0.3, 0.4) is 0 Å². The van der Waals surface area contributed by atoms with Crippen LogP contribution in [0.25, 0.3) is 10.9 Å². The highest BCUT2D eigenvalue weighted by atomic mass is 16.4. The number of phenolic OH excluding ortho intramolecular Hbond substituents is 1. The lowest BCUT2D eigenvalue weighted by Crippen LogP contribution is -2.59. The Hall–Kier alpha value is -4.42. The van der Waals surface area contributed by atoms with Crippen LogP contribution in [0.5, 0.6) is 5.75 Å². The molecule has 0 bridgehead atoms. The van der Waals surface area contributed by atoms with Crippen molar-refractivity contribution >= 4 is 34.6 Å². The standard InChI is InChI=1S/C31H42N6O6/c1-18(2)27(30(41)35-25(31(42)43)9-5-6-14-32)37-29(40)26(15-19-10-12-21(38)13-11-19)36-28(39)23(33)16-20-17-34-24-8-4-3-7-22(20)24/h3-4,7-8,10-13,17-18,23,25-27,34,38H,5-6,9,14-16,32-33H2,1-2H3,(H,35,41)(H,36,39)(H,37,40)(H,42,43). The largest absolute Gasteiger partial charge is 0.508 e. The van der Waals surface area contributed by atoms with Crippen molar-refractivity contribution in [3.05, 3.63) is 65.9 Å². The van der Waals surface area contributed by atoms with Crippen molar-refractivity contribution in [3.8, 4) is 5.75 Å². The summed E-state index contributed by atoms with van der Waals surface area (Å²) in [7, 11) is 0. The number of H-pyrrole nitrogens is 1. The molecule has 10 N–H and O–H groups in total. The number of aromatic nitrogens is 1. The minimum absolute atomic E-state index is 0.0468. The third kappa shape index (κ3) is 9.55. The Bertz CT molecular complexity index is 1390. The molecule has 3 aromatic rings. The SMILES string of the molecule is CC(C)C(NC(=O)C(Cc1ccc(O)cc1)NC(=O)C(N)Cc1c[nH]c2ccccc12)C(=O)NC(CCCCN)C(=O)O. The van der Waals surface area contributed by atoms with Gasteiger partial charge in [0.15, 0.2) is 0 Å². The van der Waals surface area contributed by atoms with Crippen LogP contribution in [0.15, 0.2) is 54.7 Å². The van der Waals surface area contributed by atoms with Crippen LogP contribution >= 0.6 is 0 Å². The number of amides is 3. The summed E-state index contributed by atoms with van der Waals surface area (Å²) < 4.78 is 0. The molecule has 12 heteroatoms. The molecule has 43 heavy (non-hydrogen) atoms. The number of aromatic hydroxyl groups is 1. The molecule has 3 amide bonds. The van der Waals surface area contributed by atoms with Gasteiger partial charge < -0.3 is 42.6 Å². The number of para-hydroxylation sites is 1. The molecule has 4 atom stereocenters. The van der Waals surface area contributed by atoms with E-state index < -0.39 is 53.8 Å². The van der Waals surface area contributed by atoms with Crippen LogP contribution in [0, 0.1) is 5.92 Å². The van der Waals surface area contributed by atoms with Crippen molar-refractivity contribution in [1.82, 2.24) is 20.9 Å². The first-order valence-corrected chi connectivity index (χ1v) is 14.4. The number of carboxylic acid groups (broad SMARTS) is 1. The maximum absolute atomic E-state index is 13.6. The van der Waals surface area contributed by atoms with Crippen molar-refractivity contribution < 1.29 is 29.4 Å². The van der Waals surface area contributed by atoms with Gasteiger partial charge in [-0.3, -0.25) is 14.4 Å². The van der Waals surface area contributed by atoms with Gasteiger partial charge in [-0.15, -0.1) is 0 Å². The minimum Gasteiger partial charge on any atom is -0.508 e. The second-order valence-corrected chi connectivity index (χ2v) is 11.0. The topological polar surface area (TPSA) is 213 Å². The molecular formula is C31H42N6O6. The maximum atomic E-state index is 13.6. The summed E-state index contributed by atoms with van der Waals surface area (Å²) >= 11 is 0. The Balaban J connectivity index is 1.75. The Morgan fingerprint density at radius 1 is 0.860 bits per heavy atom. The number of aliphatic carboxylic acids is 1. The van der Waals surface area contributed by atoms with E-state index in [4.69, 9.17) is 11.5 Å². The lowest BCUT2D eigenvalue weighted by atomic mass is 9.99. The summed E-state index contributed by atoms with van der Waals surface area (Å²) in [6.07, 6.45) is 3.41. The molecule has 12 nitrogen and oxygen atoms in total. The fraction of sp³-hybridized carbons (Fsp3) is 0.419. The number of benzene rings is 2. The third-order valence-corrected chi connectivity index (χ3v) is 7.27. The average Bonchev–Trinajstić information content (AvgIpc) is 3.38. The molecule has 2 aromatic carbocycles. The van der Waals surface area contributed by atoms with E-state index >= 15 is 0 Å². The smallest absolute Gasteiger partial charge is 0.326 e. The molecule has 0 saturated heterocycles. The van der Waals surface area contributed by atoms with Gasteiger partial charge in [0.05, 0.1) is 6.04 Å². The summed E-state index contributed by atoms with van der Waals surface area (Å²) in [5.41, 5.74) is 14.2. The van der Waals surface area contributed by atoms with Crippen LogP contribution in [-0.2, 0) is 32.0 Å². The second-order valence-electron chi connectivity index (χ2n) is 11.0. The van der Waals surface area contributed by atoms with E-state index in [1.165, 1.54) is 12.1 Å². The fourth-order valence-corrected chi connectivity index (χ4v) is 4.79. The van der Waals surface area contributed by atoms with Gasteiger partial charge in [-0.1, -0.05) is 44.2 Å². The number of carbonyl (C=O) groups is 4. The molecule has 0 radical (unpaired) electrons. The van der Waals surface area contributed by atoms with Crippen molar-refractivity contribution in [1.29, 1.82) is 0 Å². The van der Waals surface area contributed by atoms with Crippen LogP contribution in [0.2, 0.25) is 0 Å². The predicted octanol–water partition coefficient (Wildman–Crippen LogP) is 1.31. The molecule has 4 unspecified atom stereocenters. The normalized spacial score (nSPS) is 14.1. The van der Waals surface area contributed by atoms with Gasteiger partial charge >= 0.3 is 5.97 Å². The zero-order valence-corrected chi connectivity index (χ0v) is 24.5. The van der Waals surface area contributed by atoms with Crippen LogP contribution < -0.4 is 27.4 Å². The summed E-state index contributed by atoms with van der Waals surface area (Å²) in [6, 6.07) is 9.54. The van der Waals surface area contributed by atoms with Gasteiger partial charge in [-0.2, -0.15) is 0 Å². The van der Waals surface area contributed by atoms with Gasteiger partial charge in [-0.05, 0) is 67.5 Å². The first-order chi connectivity index (χ1) is 20.5. The Kier molecular flexibility index (Phi) is 12.1. The highest BCUT2D eigenvalue weighted by molar-refractivity contribution is 5.94. The molecule has 0 spiro atoms. The maximum Gasteiger partial charge on any atom is 0.326 e. The first kappa shape index (κ1) is 33.1. The summed E-state index contributed by atoms with van der Waals surface area (Å²) in [5.74, 6) is -3.36. The zero-order valence-electron chi connectivity index (χ0n) is 24.5. The van der Waals surface area contributed by atoms with Gasteiger partial charge in [0.1, 0.15) is 23.9 Å². The number of nitrogens with one attached hydrogen (secondary N) is 4. The molecule has 1 aromatic heterocycles. The fourth-order valence-electron chi connectivity index (χ4n) is 4.79. The zero-order chi connectivity index (χ0) is 31.5. The molecule has 1 heterocycles. The molecule has 0 fully saturated rings. The predicted molar refractivity (Wildman–Crippen MR) is 163 cm³/mol. The van der Waals surface area contributed by atoms with Gasteiger partial charge in [0.2, 0.25) is 17.7 Å². The van der Waals surface area contributed by atoms with E-state index in [0.717, 1.165) is 16.5 Å². The molecule has 0 saturated carbocycles. The van der Waals surface area contributed by atoms with E-state index in [2.05, 4.69) is 20.9 Å². The van der Waals surface area contributed by atoms with Crippen molar-refractivity contribution in [3.63, 3.8) is 0 Å². The monoisotopic (exact) mass is 594 g/mol. The Labute approximate surface area is 250 Å². The molecule has 232 valence electrons. The third-order valence-electron chi connectivity index (χ3n) is 7.27. The number of aromatic amines is 1. The average molecular weight is 595 g/mol. The van der Waals surface area contributed by atoms with Gasteiger partial charge in [0, 0.05) is 23.5 Å². The Morgan fingerprint density at radius 3 is 2.19 bits per heavy atom. The minimum atomic E-state index is -1.18. The number of nitrogens with two attached hydrogens (primary N) is 2. The van der Waals surface area contributed by atoms with Crippen LogP contribution in [-0.4, -0.2) is 69.6 Å². The second kappa shape index (κ2) is 15.7. The lowest BCUT2D eigenvalue weighted by molar-refractivity contribution is -0.142. The number of carboxylic acids is 1. The van der Waals surface area contributed by atoms with Crippen molar-refractivity contribution in [2.24, 2.45) is 17.4 Å². The Morgan fingerprint density at radius 2 is 1.53 bits per heavy atom. The summed E-state index contributed by atoms with van der Waals surface area (Å²) in [4.78, 5) is 54.9. The number of hydrogen-bond acceptors (Lipinski definition) is 7. The summed E-state index contributed by atoms with van der Waals surface area (Å²) in [5, 5.41) is 28.2. The van der Waals surface area contributed by atoms with Crippen LogP contribution in [0.1, 0.15) is 44.2 Å². The van der Waals surface area contributed by atoms with Crippen molar-refractivity contribution in [2.45, 2.75) is 70.1 Å². The van der Waals surface area contributed by atoms with E-state index in [0.29, 0.717) is 24.9 Å². The molecule has 0 aliphatic carbocycles. The molecule has 0 aliphatic heterocycles. The lowest BCUT2D eigenvalue weighted by Gasteiger charge is -2.27.